The van der Waals surface area contributed by atoms with Gasteiger partial charge in [-0.25, -0.2) is 4.98 Å². The average molecular weight is 243 g/mol. The molecule has 1 aliphatic heterocycles. The molecule has 1 aliphatic rings. The number of aromatic nitrogens is 2. The minimum atomic E-state index is 0.452. The number of hydrogen-bond donors (Lipinski definition) is 2. The first-order chi connectivity index (χ1) is 8.74. The van der Waals surface area contributed by atoms with E-state index in [1.165, 1.54) is 30.3 Å². The van der Waals surface area contributed by atoms with Crippen molar-refractivity contribution in [3.63, 3.8) is 0 Å². The van der Waals surface area contributed by atoms with Gasteiger partial charge in [0.05, 0.1) is 11.0 Å². The Morgan fingerprint density at radius 3 is 2.89 bits per heavy atom. The highest BCUT2D eigenvalue weighted by Crippen LogP contribution is 2.26. The lowest BCUT2D eigenvalue weighted by molar-refractivity contribution is 0.412. The third kappa shape index (κ3) is 2.15. The number of aromatic amines is 1. The first-order valence-electron chi connectivity index (χ1n) is 6.97. The quantitative estimate of drug-likeness (QED) is 0.847. The molecule has 3 rings (SSSR count). The van der Waals surface area contributed by atoms with Crippen molar-refractivity contribution >= 4 is 11.0 Å². The fourth-order valence-electron chi connectivity index (χ4n) is 2.67. The van der Waals surface area contributed by atoms with Crippen LogP contribution in [0, 0.1) is 0 Å². The lowest BCUT2D eigenvalue weighted by atomic mass is 9.97. The van der Waals surface area contributed by atoms with E-state index in [1.54, 1.807) is 0 Å². The molecule has 0 radical (unpaired) electrons. The first-order valence-corrected chi connectivity index (χ1v) is 6.97. The number of rotatable bonds is 2. The van der Waals surface area contributed by atoms with Gasteiger partial charge in [-0.3, -0.25) is 0 Å². The van der Waals surface area contributed by atoms with Crippen molar-refractivity contribution in [2.75, 3.05) is 6.54 Å². The Morgan fingerprint density at radius 1 is 1.28 bits per heavy atom. The second-order valence-corrected chi connectivity index (χ2v) is 5.56. The van der Waals surface area contributed by atoms with Gasteiger partial charge in [-0.1, -0.05) is 26.3 Å². The normalized spacial score (nSPS) is 20.7. The molecule has 3 nitrogen and oxygen atoms in total. The summed E-state index contributed by atoms with van der Waals surface area (Å²) in [5, 5.41) is 3.60. The molecule has 0 bridgehead atoms. The van der Waals surface area contributed by atoms with Crippen LogP contribution in [0.15, 0.2) is 18.2 Å². The Labute approximate surface area is 108 Å². The summed E-state index contributed by atoms with van der Waals surface area (Å²) in [5.74, 6) is 1.53. The smallest absolute Gasteiger partial charge is 0.109 e. The molecule has 1 atom stereocenters. The van der Waals surface area contributed by atoms with Crippen LogP contribution < -0.4 is 5.32 Å². The zero-order chi connectivity index (χ0) is 12.5. The minimum Gasteiger partial charge on any atom is -0.342 e. The summed E-state index contributed by atoms with van der Waals surface area (Å²) in [6, 6.07) is 7.14. The molecule has 1 saturated heterocycles. The summed E-state index contributed by atoms with van der Waals surface area (Å²) in [4.78, 5) is 8.06. The van der Waals surface area contributed by atoms with Crippen LogP contribution >= 0.6 is 0 Å². The zero-order valence-corrected chi connectivity index (χ0v) is 11.2. The van der Waals surface area contributed by atoms with E-state index < -0.39 is 0 Å². The van der Waals surface area contributed by atoms with Crippen LogP contribution in [-0.2, 0) is 0 Å². The lowest BCUT2D eigenvalue weighted by Crippen LogP contribution is -2.26. The van der Waals surface area contributed by atoms with Crippen LogP contribution in [0.1, 0.15) is 56.5 Å². The molecule has 1 aromatic heterocycles. The molecule has 0 saturated carbocycles. The van der Waals surface area contributed by atoms with Gasteiger partial charge in [0.1, 0.15) is 5.82 Å². The van der Waals surface area contributed by atoms with Gasteiger partial charge < -0.3 is 10.3 Å². The standard InChI is InChI=1S/C15H21N3/c1-10(2)15-17-13-7-6-11(9-14(13)18-15)12-5-3-4-8-16-12/h6-7,9-10,12,16H,3-5,8H2,1-2H3,(H,17,18). The molecule has 1 unspecified atom stereocenters. The van der Waals surface area contributed by atoms with E-state index in [1.807, 2.05) is 0 Å². The highest BCUT2D eigenvalue weighted by molar-refractivity contribution is 5.76. The molecule has 3 heteroatoms. The third-order valence-electron chi connectivity index (χ3n) is 3.78. The number of fused-ring (bicyclic) bond motifs is 1. The van der Waals surface area contributed by atoms with Gasteiger partial charge in [-0.05, 0) is 37.1 Å². The van der Waals surface area contributed by atoms with E-state index in [0.717, 1.165) is 17.9 Å². The Bertz CT molecular complexity index is 536. The molecule has 1 fully saturated rings. The number of imidazole rings is 1. The molecule has 96 valence electrons. The van der Waals surface area contributed by atoms with Crippen LogP contribution in [-0.4, -0.2) is 16.5 Å². The molecule has 2 N–H and O–H groups in total. The summed E-state index contributed by atoms with van der Waals surface area (Å²) < 4.78 is 0. The maximum Gasteiger partial charge on any atom is 0.109 e. The number of H-pyrrole nitrogens is 1. The Morgan fingerprint density at radius 2 is 2.17 bits per heavy atom. The van der Waals surface area contributed by atoms with E-state index in [4.69, 9.17) is 0 Å². The summed E-state index contributed by atoms with van der Waals surface area (Å²) in [7, 11) is 0. The van der Waals surface area contributed by atoms with Crippen molar-refractivity contribution in [2.24, 2.45) is 0 Å². The number of nitrogens with zero attached hydrogens (tertiary/aromatic N) is 1. The third-order valence-corrected chi connectivity index (χ3v) is 3.78. The van der Waals surface area contributed by atoms with Crippen LogP contribution in [0.2, 0.25) is 0 Å². The second kappa shape index (κ2) is 4.73. The van der Waals surface area contributed by atoms with Crippen molar-refractivity contribution < 1.29 is 0 Å². The largest absolute Gasteiger partial charge is 0.342 e. The van der Waals surface area contributed by atoms with Gasteiger partial charge in [-0.2, -0.15) is 0 Å². The Hall–Kier alpha value is -1.35. The van der Waals surface area contributed by atoms with Crippen molar-refractivity contribution in [3.8, 4) is 0 Å². The fraction of sp³-hybridized carbons (Fsp3) is 0.533. The van der Waals surface area contributed by atoms with E-state index in [2.05, 4.69) is 47.3 Å². The summed E-state index contributed by atoms with van der Waals surface area (Å²) >= 11 is 0. The van der Waals surface area contributed by atoms with Gasteiger partial charge in [0.15, 0.2) is 0 Å². The van der Waals surface area contributed by atoms with E-state index in [-0.39, 0.29) is 0 Å². The topological polar surface area (TPSA) is 40.7 Å². The maximum absolute atomic E-state index is 4.62. The van der Waals surface area contributed by atoms with Gasteiger partial charge >= 0.3 is 0 Å². The summed E-state index contributed by atoms with van der Waals surface area (Å²) in [6.45, 7) is 5.48. The molecular weight excluding hydrogens is 222 g/mol. The summed E-state index contributed by atoms with van der Waals surface area (Å²) in [6.07, 6.45) is 3.88. The first kappa shape index (κ1) is 11.7. The Kier molecular flexibility index (Phi) is 3.08. The van der Waals surface area contributed by atoms with Gasteiger partial charge in [0.2, 0.25) is 0 Å². The molecule has 2 heterocycles. The van der Waals surface area contributed by atoms with Crippen LogP contribution in [0.5, 0.6) is 0 Å². The molecular formula is C15H21N3. The maximum atomic E-state index is 4.62. The molecule has 1 aromatic carbocycles. The Balaban J connectivity index is 1.94. The highest BCUT2D eigenvalue weighted by Gasteiger charge is 2.15. The van der Waals surface area contributed by atoms with Crippen LogP contribution in [0.4, 0.5) is 0 Å². The van der Waals surface area contributed by atoms with Gasteiger partial charge in [-0.15, -0.1) is 0 Å². The molecule has 2 aromatic rings. The van der Waals surface area contributed by atoms with E-state index >= 15 is 0 Å². The van der Waals surface area contributed by atoms with Crippen LogP contribution in [0.25, 0.3) is 11.0 Å². The highest BCUT2D eigenvalue weighted by atomic mass is 14.9. The monoisotopic (exact) mass is 243 g/mol. The predicted octanol–water partition coefficient (Wildman–Crippen LogP) is 3.50. The van der Waals surface area contributed by atoms with Crippen molar-refractivity contribution in [1.82, 2.24) is 15.3 Å². The van der Waals surface area contributed by atoms with Crippen molar-refractivity contribution in [2.45, 2.75) is 45.1 Å². The number of piperidine rings is 1. The number of benzene rings is 1. The van der Waals surface area contributed by atoms with Gasteiger partial charge in [0, 0.05) is 12.0 Å². The molecule has 0 aliphatic carbocycles. The van der Waals surface area contributed by atoms with Crippen molar-refractivity contribution in [1.29, 1.82) is 0 Å². The summed E-state index contributed by atoms with van der Waals surface area (Å²) in [5.41, 5.74) is 3.64. The second-order valence-electron chi connectivity index (χ2n) is 5.56. The molecule has 0 amide bonds. The van der Waals surface area contributed by atoms with E-state index in [9.17, 15) is 0 Å². The number of nitrogens with one attached hydrogen (secondary N) is 2. The van der Waals surface area contributed by atoms with Crippen LogP contribution in [0.3, 0.4) is 0 Å². The fourth-order valence-corrected chi connectivity index (χ4v) is 2.67. The van der Waals surface area contributed by atoms with E-state index in [0.29, 0.717) is 12.0 Å². The average Bonchev–Trinajstić information content (AvgIpc) is 2.82. The number of hydrogen-bond acceptors (Lipinski definition) is 2. The molecule has 0 spiro atoms. The van der Waals surface area contributed by atoms with Gasteiger partial charge in [0.25, 0.3) is 0 Å². The zero-order valence-electron chi connectivity index (χ0n) is 11.2. The lowest BCUT2D eigenvalue weighted by Gasteiger charge is -2.23. The predicted molar refractivity (Wildman–Crippen MR) is 74.8 cm³/mol. The van der Waals surface area contributed by atoms with Crippen molar-refractivity contribution in [3.05, 3.63) is 29.6 Å². The SMILES string of the molecule is CC(C)c1nc2ccc(C3CCCCN3)cc2[nH]1. The minimum absolute atomic E-state index is 0.452. The molecule has 18 heavy (non-hydrogen) atoms.